The van der Waals surface area contributed by atoms with Gasteiger partial charge >= 0.3 is 0 Å². The lowest BCUT2D eigenvalue weighted by Gasteiger charge is -2.59. The molecule has 1 aromatic rings. The topological polar surface area (TPSA) is 12.5 Å². The summed E-state index contributed by atoms with van der Waals surface area (Å²) < 4.78 is 127. The number of fused-ring (bicyclic) bond motifs is 1. The fourth-order valence-corrected chi connectivity index (χ4v) is 3.53. The molecule has 1 unspecified atom stereocenters. The predicted octanol–water partition coefficient (Wildman–Crippen LogP) is 3.63. The van der Waals surface area contributed by atoms with Crippen LogP contribution in [0.15, 0.2) is 18.1 Å². The van der Waals surface area contributed by atoms with Gasteiger partial charge in [0.15, 0.2) is 0 Å². The summed E-state index contributed by atoms with van der Waals surface area (Å²) >= 11 is 0. The molecule has 0 spiro atoms. The Balaban J connectivity index is 2.28. The van der Waals surface area contributed by atoms with Crippen LogP contribution in [0.4, 0.5) is 0 Å². The number of benzene rings is 1. The SMILES string of the molecule is [2H]c1c([2H])c(OC)c([2H])c2c1C[C@@H]1N(C([2H])([2H])[2H])CC[C@]23C([2H])([2H])C([2H])([2H])C([2H])(C)C([2H])([2H])[C@]13[2H]. The Kier molecular flexibility index (Phi) is 1.19. The van der Waals surface area contributed by atoms with Crippen LogP contribution in [0.2, 0.25) is 0 Å². The smallest absolute Gasteiger partial charge is 0.119 e. The Morgan fingerprint density at radius 1 is 1.57 bits per heavy atom. The van der Waals surface area contributed by atoms with Gasteiger partial charge in [-0.1, -0.05) is 13.0 Å². The fourth-order valence-electron chi connectivity index (χ4n) is 3.53. The molecule has 2 aliphatic carbocycles. The van der Waals surface area contributed by atoms with E-state index in [1.54, 1.807) is 0 Å². The van der Waals surface area contributed by atoms with Crippen LogP contribution in [0, 0.1) is 11.8 Å². The number of rotatable bonds is 1. The van der Waals surface area contributed by atoms with Gasteiger partial charge in [0, 0.05) is 26.5 Å². The fraction of sp³-hybridized carbons (Fsp3) is 0.684. The van der Waals surface area contributed by atoms with Crippen molar-refractivity contribution in [1.82, 2.24) is 4.90 Å². The first-order chi connectivity index (χ1) is 15.6. The van der Waals surface area contributed by atoms with Crippen molar-refractivity contribution >= 4 is 0 Å². The first-order valence-corrected chi connectivity index (χ1v) is 7.06. The second kappa shape index (κ2) is 4.74. The lowest BCUT2D eigenvalue weighted by Crippen LogP contribution is -2.60. The Labute approximate surface area is 148 Å². The maximum Gasteiger partial charge on any atom is 0.119 e. The van der Waals surface area contributed by atoms with Gasteiger partial charge in [0.25, 0.3) is 0 Å². The Bertz CT molecular complexity index is 1100. The molecule has 1 heterocycles. The van der Waals surface area contributed by atoms with Crippen LogP contribution >= 0.6 is 0 Å². The standard InChI is InChI=1S/C19H27NO/c1-13-6-7-19-8-9-20(2)18(17(19)10-13)11-14-4-5-15(21-3)12-16(14)19/h4-5,12-13,17-18H,6-11H2,1-3H3/t13?,17-,18+,19-/m1/s1/i2D3,4D,5D,6D2,7D2,10D2,12D,13D,17D. The molecule has 3 aliphatic rings. The quantitative estimate of drug-likeness (QED) is 0.785. The minimum absolute atomic E-state index is 0.0910. The summed E-state index contributed by atoms with van der Waals surface area (Å²) in [5, 5.41) is 0. The largest absolute Gasteiger partial charge is 0.497 e. The van der Waals surface area contributed by atoms with Crippen molar-refractivity contribution in [3.05, 3.63) is 29.3 Å². The van der Waals surface area contributed by atoms with Crippen LogP contribution in [0.5, 0.6) is 5.75 Å². The van der Waals surface area contributed by atoms with Crippen molar-refractivity contribution < 1.29 is 23.9 Å². The van der Waals surface area contributed by atoms with Crippen molar-refractivity contribution in [2.45, 2.75) is 50.3 Å². The molecule has 1 aromatic carbocycles. The molecular weight excluding hydrogens is 258 g/mol. The molecule has 1 saturated carbocycles. The summed E-state index contributed by atoms with van der Waals surface area (Å²) in [5.41, 5.74) is -2.85. The maximum atomic E-state index is 9.64. The van der Waals surface area contributed by atoms with Crippen LogP contribution in [0.1, 0.15) is 62.8 Å². The molecule has 2 bridgehead atoms. The van der Waals surface area contributed by atoms with Gasteiger partial charge in [-0.3, -0.25) is 0 Å². The predicted molar refractivity (Wildman–Crippen MR) is 85.9 cm³/mol. The third kappa shape index (κ3) is 1.88. The molecule has 21 heavy (non-hydrogen) atoms. The van der Waals surface area contributed by atoms with Crippen LogP contribution in [-0.2, 0) is 11.8 Å². The summed E-state index contributed by atoms with van der Waals surface area (Å²) in [7, 11) is 1.15. The van der Waals surface area contributed by atoms with Crippen LogP contribution in [0.25, 0.3) is 0 Å². The van der Waals surface area contributed by atoms with E-state index in [0.717, 1.165) is 18.9 Å². The van der Waals surface area contributed by atoms with E-state index in [2.05, 4.69) is 0 Å². The van der Waals surface area contributed by atoms with E-state index in [1.165, 1.54) is 0 Å². The second-order valence-electron chi connectivity index (χ2n) is 5.74. The molecular formula is C19H27NO. The van der Waals surface area contributed by atoms with Gasteiger partial charge < -0.3 is 9.64 Å². The van der Waals surface area contributed by atoms with Crippen molar-refractivity contribution in [3.63, 3.8) is 0 Å². The zero-order valence-corrected chi connectivity index (χ0v) is 12.1. The van der Waals surface area contributed by atoms with Crippen molar-refractivity contribution in [3.8, 4) is 5.75 Å². The molecule has 2 fully saturated rings. The monoisotopic (exact) mass is 299 g/mol. The molecule has 114 valence electrons. The average Bonchev–Trinajstić information content (AvgIpc) is 2.70. The Morgan fingerprint density at radius 3 is 3.29 bits per heavy atom. The normalized spacial score (nSPS) is 63.0. The number of likely N-dealkylation sites (N-methyl/N-ethyl adjacent to an activating group) is 1. The van der Waals surface area contributed by atoms with Crippen LogP contribution in [-0.4, -0.2) is 31.6 Å². The molecule has 4 rings (SSSR count). The maximum absolute atomic E-state index is 9.64. The minimum Gasteiger partial charge on any atom is -0.497 e. The summed E-state index contributed by atoms with van der Waals surface area (Å²) in [6.07, 6.45) is -10.4. The van der Waals surface area contributed by atoms with Crippen molar-refractivity contribution in [1.29, 1.82) is 0 Å². The molecule has 0 amide bonds. The van der Waals surface area contributed by atoms with Gasteiger partial charge in [0.1, 0.15) is 5.75 Å². The lowest BCUT2D eigenvalue weighted by molar-refractivity contribution is -0.0112. The van der Waals surface area contributed by atoms with Gasteiger partial charge in [0.2, 0.25) is 0 Å². The number of methoxy groups -OCH3 is 1. The third-order valence-corrected chi connectivity index (χ3v) is 4.58. The zero-order valence-electron chi connectivity index (χ0n) is 26.1. The van der Waals surface area contributed by atoms with Crippen molar-refractivity contribution in [2.24, 2.45) is 11.8 Å². The van der Waals surface area contributed by atoms with E-state index in [1.807, 2.05) is 0 Å². The van der Waals surface area contributed by atoms with Gasteiger partial charge in [-0.2, -0.15) is 0 Å². The number of nitrogens with zero attached hydrogens (tertiary/aromatic N) is 1. The molecule has 0 aromatic heterocycles. The molecule has 4 atom stereocenters. The first-order valence-electron chi connectivity index (χ1n) is 14.1. The zero-order chi connectivity index (χ0) is 26.9. The number of hydrogen-bond donors (Lipinski definition) is 0. The van der Waals surface area contributed by atoms with Gasteiger partial charge in [-0.15, -0.1) is 0 Å². The van der Waals surface area contributed by atoms with E-state index in [0.29, 0.717) is 0 Å². The van der Waals surface area contributed by atoms with Gasteiger partial charge in [-0.25, -0.2) is 0 Å². The Hall–Kier alpha value is -1.02. The van der Waals surface area contributed by atoms with E-state index < -0.39 is 86.1 Å². The highest BCUT2D eigenvalue weighted by Gasteiger charge is 2.54. The molecule has 2 heteroatoms. The summed E-state index contributed by atoms with van der Waals surface area (Å²) in [6, 6.07) is -3.09. The second-order valence-corrected chi connectivity index (χ2v) is 5.74. The van der Waals surface area contributed by atoms with E-state index in [4.69, 9.17) is 22.6 Å². The van der Waals surface area contributed by atoms with E-state index in [-0.39, 0.29) is 17.7 Å². The van der Waals surface area contributed by atoms with E-state index >= 15 is 0 Å². The Morgan fingerprint density at radius 2 is 2.48 bits per heavy atom. The number of piperidine rings is 1. The highest BCUT2D eigenvalue weighted by molar-refractivity contribution is 5.45. The summed E-state index contributed by atoms with van der Waals surface area (Å²) in [4.78, 5) is 0.892. The minimum atomic E-state index is -3.20. The van der Waals surface area contributed by atoms with Crippen LogP contribution < -0.4 is 4.74 Å². The average molecular weight is 300 g/mol. The van der Waals surface area contributed by atoms with Gasteiger partial charge in [0.05, 0.1) is 11.2 Å². The molecule has 2 nitrogen and oxygen atoms in total. The first kappa shape index (κ1) is 5.26. The number of hydrogen-bond acceptors (Lipinski definition) is 2. The van der Waals surface area contributed by atoms with Gasteiger partial charge in [-0.05, 0) is 80.5 Å². The molecule has 1 saturated heterocycles. The molecule has 0 N–H and O–H groups in total. The van der Waals surface area contributed by atoms with Crippen molar-refractivity contribution in [2.75, 3.05) is 20.6 Å². The number of ether oxygens (including phenoxy) is 1. The lowest BCUT2D eigenvalue weighted by atomic mass is 9.51. The summed E-state index contributed by atoms with van der Waals surface area (Å²) in [6.45, 7) is -2.30. The number of likely N-dealkylation sites (tertiary alicyclic amines) is 1. The molecule has 0 radical (unpaired) electrons. The van der Waals surface area contributed by atoms with E-state index in [9.17, 15) is 1.37 Å². The van der Waals surface area contributed by atoms with Crippen LogP contribution in [0.3, 0.4) is 0 Å². The summed E-state index contributed by atoms with van der Waals surface area (Å²) in [5.74, 6) is -5.96. The molecule has 1 aliphatic heterocycles. The highest BCUT2D eigenvalue weighted by Crippen LogP contribution is 2.56. The highest BCUT2D eigenvalue weighted by atomic mass is 16.5. The third-order valence-electron chi connectivity index (χ3n) is 4.58.